The van der Waals surface area contributed by atoms with Gasteiger partial charge >= 0.3 is 0 Å². The Bertz CT molecular complexity index is 766. The van der Waals surface area contributed by atoms with E-state index in [0.29, 0.717) is 18.3 Å². The number of hydrogen-bond donors (Lipinski definition) is 0. The van der Waals surface area contributed by atoms with E-state index in [1.54, 1.807) is 0 Å². The molecule has 0 aliphatic heterocycles. The van der Waals surface area contributed by atoms with Gasteiger partial charge in [-0.05, 0) is 24.3 Å². The molecule has 0 N–H and O–H groups in total. The Hall–Kier alpha value is -2.46. The molecule has 24 heavy (non-hydrogen) atoms. The minimum atomic E-state index is 0.664. The van der Waals surface area contributed by atoms with Gasteiger partial charge in [-0.3, -0.25) is 4.90 Å². The van der Waals surface area contributed by atoms with Gasteiger partial charge in [-0.1, -0.05) is 65.8 Å². The van der Waals surface area contributed by atoms with Crippen molar-refractivity contribution in [3.8, 4) is 11.4 Å². The van der Waals surface area contributed by atoms with Crippen molar-refractivity contribution in [2.75, 3.05) is 6.54 Å². The molecule has 1 heterocycles. The van der Waals surface area contributed by atoms with Crippen LogP contribution in [0.4, 0.5) is 0 Å². The molecule has 1 aliphatic carbocycles. The Morgan fingerprint density at radius 1 is 0.917 bits per heavy atom. The molecule has 4 nitrogen and oxygen atoms in total. The van der Waals surface area contributed by atoms with E-state index in [0.717, 1.165) is 24.6 Å². The number of hydrogen-bond acceptors (Lipinski definition) is 4. The molecule has 1 saturated carbocycles. The smallest absolute Gasteiger partial charge is 0.241 e. The van der Waals surface area contributed by atoms with Crippen molar-refractivity contribution < 1.29 is 4.52 Å². The third kappa shape index (κ3) is 3.89. The van der Waals surface area contributed by atoms with E-state index >= 15 is 0 Å². The molecule has 122 valence electrons. The summed E-state index contributed by atoms with van der Waals surface area (Å²) in [7, 11) is 0. The summed E-state index contributed by atoms with van der Waals surface area (Å²) in [6, 6.07) is 20.5. The lowest BCUT2D eigenvalue weighted by Crippen LogP contribution is -2.25. The minimum absolute atomic E-state index is 0.664. The predicted octanol–water partition coefficient (Wildman–Crippen LogP) is 4.15. The first-order valence-corrected chi connectivity index (χ1v) is 8.51. The quantitative estimate of drug-likeness (QED) is 0.656. The average molecular weight is 319 g/mol. The lowest BCUT2D eigenvalue weighted by molar-refractivity contribution is 0.211. The van der Waals surface area contributed by atoms with Crippen molar-refractivity contribution in [3.05, 3.63) is 72.1 Å². The largest absolute Gasteiger partial charge is 0.338 e. The van der Waals surface area contributed by atoms with Crippen LogP contribution in [0, 0.1) is 5.92 Å². The fraction of sp³-hybridized carbons (Fsp3) is 0.300. The van der Waals surface area contributed by atoms with Crippen LogP contribution in [0.3, 0.4) is 0 Å². The third-order valence-electron chi connectivity index (χ3n) is 4.32. The van der Waals surface area contributed by atoms with Crippen LogP contribution in [0.1, 0.15) is 24.3 Å². The monoisotopic (exact) mass is 319 g/mol. The van der Waals surface area contributed by atoms with Gasteiger partial charge in [-0.15, -0.1) is 0 Å². The molecule has 1 aromatic heterocycles. The molecular weight excluding hydrogens is 298 g/mol. The summed E-state index contributed by atoms with van der Waals surface area (Å²) in [6.07, 6.45) is 2.68. The molecule has 3 aromatic rings. The number of aromatic nitrogens is 2. The van der Waals surface area contributed by atoms with E-state index in [-0.39, 0.29) is 0 Å². The Morgan fingerprint density at radius 3 is 2.33 bits per heavy atom. The highest BCUT2D eigenvalue weighted by Gasteiger charge is 2.25. The zero-order valence-corrected chi connectivity index (χ0v) is 13.6. The molecule has 0 radical (unpaired) electrons. The Morgan fingerprint density at radius 2 is 1.62 bits per heavy atom. The standard InChI is InChI=1S/C20H21N3O/c1-3-7-16(8-4-1)13-23(14-17-11-12-17)15-19-21-20(22-24-19)18-9-5-2-6-10-18/h1-10,17H,11-15H2. The van der Waals surface area contributed by atoms with Crippen molar-refractivity contribution in [3.63, 3.8) is 0 Å². The Balaban J connectivity index is 1.47. The average Bonchev–Trinajstić information content (AvgIpc) is 3.31. The fourth-order valence-electron chi connectivity index (χ4n) is 2.91. The van der Waals surface area contributed by atoms with Crippen LogP contribution in [0.25, 0.3) is 11.4 Å². The maximum absolute atomic E-state index is 5.49. The summed E-state index contributed by atoms with van der Waals surface area (Å²) in [5.74, 6) is 2.17. The van der Waals surface area contributed by atoms with E-state index in [9.17, 15) is 0 Å². The fourth-order valence-corrected chi connectivity index (χ4v) is 2.91. The highest BCUT2D eigenvalue weighted by atomic mass is 16.5. The van der Waals surface area contributed by atoms with Gasteiger partial charge in [0.25, 0.3) is 0 Å². The van der Waals surface area contributed by atoms with Gasteiger partial charge in [-0.25, -0.2) is 0 Å². The van der Waals surface area contributed by atoms with E-state index in [1.165, 1.54) is 18.4 Å². The third-order valence-corrected chi connectivity index (χ3v) is 4.32. The summed E-state index contributed by atoms with van der Waals surface area (Å²) in [4.78, 5) is 6.98. The molecule has 2 aromatic carbocycles. The summed E-state index contributed by atoms with van der Waals surface area (Å²) in [5.41, 5.74) is 2.31. The van der Waals surface area contributed by atoms with Crippen LogP contribution < -0.4 is 0 Å². The maximum atomic E-state index is 5.49. The van der Waals surface area contributed by atoms with E-state index in [1.807, 2.05) is 30.3 Å². The van der Waals surface area contributed by atoms with Crippen LogP contribution in [-0.4, -0.2) is 21.6 Å². The molecule has 0 saturated heterocycles. The molecule has 0 unspecified atom stereocenters. The van der Waals surface area contributed by atoms with E-state index < -0.39 is 0 Å². The molecule has 0 spiro atoms. The SMILES string of the molecule is c1ccc(CN(Cc2nc(-c3ccccc3)no2)CC2CC2)cc1. The first-order chi connectivity index (χ1) is 11.9. The zero-order valence-electron chi connectivity index (χ0n) is 13.6. The number of rotatable bonds is 7. The lowest BCUT2D eigenvalue weighted by atomic mass is 10.2. The lowest BCUT2D eigenvalue weighted by Gasteiger charge is -2.20. The molecule has 1 aliphatic rings. The molecule has 0 amide bonds. The summed E-state index contributed by atoms with van der Waals surface area (Å²) < 4.78 is 5.49. The summed E-state index contributed by atoms with van der Waals surface area (Å²) in [5, 5.41) is 4.13. The molecule has 4 heteroatoms. The van der Waals surface area contributed by atoms with Gasteiger partial charge < -0.3 is 4.52 Å². The molecule has 1 fully saturated rings. The highest BCUT2D eigenvalue weighted by molar-refractivity contribution is 5.53. The van der Waals surface area contributed by atoms with Gasteiger partial charge in [0.15, 0.2) is 0 Å². The van der Waals surface area contributed by atoms with Crippen molar-refractivity contribution in [1.82, 2.24) is 15.0 Å². The van der Waals surface area contributed by atoms with Gasteiger partial charge in [0.1, 0.15) is 0 Å². The highest BCUT2D eigenvalue weighted by Crippen LogP contribution is 2.30. The number of nitrogens with zero attached hydrogens (tertiary/aromatic N) is 3. The second-order valence-corrected chi connectivity index (χ2v) is 6.48. The van der Waals surface area contributed by atoms with Crippen LogP contribution in [0.15, 0.2) is 65.2 Å². The molecule has 0 bridgehead atoms. The van der Waals surface area contributed by atoms with Gasteiger partial charge in [0.2, 0.25) is 11.7 Å². The zero-order chi connectivity index (χ0) is 16.2. The first-order valence-electron chi connectivity index (χ1n) is 8.51. The molecule has 4 rings (SSSR count). The maximum Gasteiger partial charge on any atom is 0.241 e. The Labute approximate surface area is 142 Å². The summed E-state index contributed by atoms with van der Waals surface area (Å²) in [6.45, 7) is 2.71. The minimum Gasteiger partial charge on any atom is -0.338 e. The van der Waals surface area contributed by atoms with E-state index in [4.69, 9.17) is 4.52 Å². The van der Waals surface area contributed by atoms with Crippen LogP contribution in [0.2, 0.25) is 0 Å². The van der Waals surface area contributed by atoms with Crippen molar-refractivity contribution in [1.29, 1.82) is 0 Å². The summed E-state index contributed by atoms with van der Waals surface area (Å²) >= 11 is 0. The molecule has 0 atom stereocenters. The second-order valence-electron chi connectivity index (χ2n) is 6.48. The normalized spacial score (nSPS) is 14.2. The number of benzene rings is 2. The Kier molecular flexibility index (Phi) is 4.38. The van der Waals surface area contributed by atoms with Gasteiger partial charge in [-0.2, -0.15) is 4.98 Å². The second kappa shape index (κ2) is 6.97. The van der Waals surface area contributed by atoms with Crippen LogP contribution >= 0.6 is 0 Å². The van der Waals surface area contributed by atoms with Crippen LogP contribution in [-0.2, 0) is 13.1 Å². The van der Waals surface area contributed by atoms with Crippen molar-refractivity contribution >= 4 is 0 Å². The topological polar surface area (TPSA) is 42.2 Å². The van der Waals surface area contributed by atoms with Gasteiger partial charge in [0.05, 0.1) is 6.54 Å². The van der Waals surface area contributed by atoms with Crippen LogP contribution in [0.5, 0.6) is 0 Å². The van der Waals surface area contributed by atoms with Crippen molar-refractivity contribution in [2.45, 2.75) is 25.9 Å². The molecular formula is C20H21N3O. The van der Waals surface area contributed by atoms with E-state index in [2.05, 4.69) is 45.4 Å². The first kappa shape index (κ1) is 15.1. The van der Waals surface area contributed by atoms with Gasteiger partial charge in [0, 0.05) is 18.7 Å². The van der Waals surface area contributed by atoms with Crippen molar-refractivity contribution in [2.24, 2.45) is 5.92 Å². The predicted molar refractivity (Wildman–Crippen MR) is 93.0 cm³/mol.